The molecule has 0 saturated heterocycles. The first-order valence-electron chi connectivity index (χ1n) is 11.7. The van der Waals surface area contributed by atoms with E-state index in [-0.39, 0.29) is 30.4 Å². The summed E-state index contributed by atoms with van der Waals surface area (Å²) in [5.74, 6) is -0.888. The van der Waals surface area contributed by atoms with Crippen molar-refractivity contribution in [2.45, 2.75) is 31.7 Å². The Kier molecular flexibility index (Phi) is 6.22. The Morgan fingerprint density at radius 3 is 2.37 bits per heavy atom. The molecular formula is C26H26N4O5. The van der Waals surface area contributed by atoms with Crippen molar-refractivity contribution >= 4 is 23.8 Å². The average Bonchev–Trinajstić information content (AvgIpc) is 3.55. The van der Waals surface area contributed by atoms with E-state index in [1.54, 1.807) is 4.68 Å². The number of carboxylic acid groups (broad SMARTS) is 1. The van der Waals surface area contributed by atoms with Crippen molar-refractivity contribution in [3.8, 4) is 11.1 Å². The molecule has 0 unspecified atom stereocenters. The molecule has 35 heavy (non-hydrogen) atoms. The number of amides is 2. The number of carboxylic acids is 1. The van der Waals surface area contributed by atoms with Gasteiger partial charge in [0, 0.05) is 25.4 Å². The molecule has 0 atom stereocenters. The summed E-state index contributed by atoms with van der Waals surface area (Å²) in [6.45, 7) is 1.55. The van der Waals surface area contributed by atoms with E-state index in [2.05, 4.69) is 34.7 Å². The van der Waals surface area contributed by atoms with Gasteiger partial charge in [-0.05, 0) is 35.1 Å². The molecule has 0 spiro atoms. The van der Waals surface area contributed by atoms with Crippen molar-refractivity contribution < 1.29 is 24.2 Å². The van der Waals surface area contributed by atoms with Gasteiger partial charge in [-0.1, -0.05) is 48.5 Å². The second-order valence-corrected chi connectivity index (χ2v) is 8.66. The maximum Gasteiger partial charge on any atom is 0.407 e. The van der Waals surface area contributed by atoms with E-state index in [9.17, 15) is 19.5 Å². The first-order chi connectivity index (χ1) is 17.0. The number of nitrogens with zero attached hydrogens (tertiary/aromatic N) is 3. The third-order valence-corrected chi connectivity index (χ3v) is 6.56. The molecule has 5 rings (SSSR count). The Morgan fingerprint density at radius 2 is 1.69 bits per heavy atom. The topological polar surface area (TPSA) is 114 Å². The fourth-order valence-electron chi connectivity index (χ4n) is 4.90. The molecule has 0 saturated carbocycles. The maximum absolute atomic E-state index is 12.6. The van der Waals surface area contributed by atoms with Gasteiger partial charge in [0.05, 0.1) is 12.7 Å². The molecule has 0 fully saturated rings. The largest absolute Gasteiger partial charge is 0.477 e. The number of unbranched alkanes of at least 4 members (excludes halogenated alkanes) is 1. The number of carbonyl (C=O) groups is 3. The minimum Gasteiger partial charge on any atom is -0.477 e. The highest BCUT2D eigenvalue weighted by Crippen LogP contribution is 2.44. The number of aromatic nitrogens is 2. The molecule has 0 radical (unpaired) electrons. The molecule has 1 aliphatic heterocycles. The second kappa shape index (κ2) is 9.61. The third kappa shape index (κ3) is 4.37. The Labute approximate surface area is 202 Å². The lowest BCUT2D eigenvalue weighted by molar-refractivity contribution is -0.118. The van der Waals surface area contributed by atoms with Gasteiger partial charge in [-0.2, -0.15) is 5.10 Å². The van der Waals surface area contributed by atoms with E-state index in [0.29, 0.717) is 38.3 Å². The molecule has 2 amide bonds. The van der Waals surface area contributed by atoms with Gasteiger partial charge in [0.15, 0.2) is 0 Å². The smallest absolute Gasteiger partial charge is 0.407 e. The molecule has 2 N–H and O–H groups in total. The monoisotopic (exact) mass is 474 g/mol. The molecule has 3 aromatic rings. The zero-order chi connectivity index (χ0) is 24.4. The summed E-state index contributed by atoms with van der Waals surface area (Å²) in [6.07, 6.45) is 2.23. The van der Waals surface area contributed by atoms with Crippen LogP contribution in [0.15, 0.2) is 54.7 Å². The number of rotatable bonds is 8. The van der Waals surface area contributed by atoms with Crippen molar-refractivity contribution in [1.29, 1.82) is 0 Å². The Balaban J connectivity index is 1.06. The lowest BCUT2D eigenvalue weighted by Gasteiger charge is -2.16. The third-order valence-electron chi connectivity index (χ3n) is 6.56. The number of benzene rings is 2. The summed E-state index contributed by atoms with van der Waals surface area (Å²) >= 11 is 0. The number of alkyl carbamates (subject to hydrolysis) is 1. The van der Waals surface area contributed by atoms with Crippen LogP contribution in [0.25, 0.3) is 11.1 Å². The zero-order valence-corrected chi connectivity index (χ0v) is 19.1. The van der Waals surface area contributed by atoms with Gasteiger partial charge >= 0.3 is 12.1 Å². The predicted molar refractivity (Wildman–Crippen MR) is 128 cm³/mol. The highest BCUT2D eigenvalue weighted by Gasteiger charge is 2.31. The van der Waals surface area contributed by atoms with Crippen LogP contribution >= 0.6 is 0 Å². The summed E-state index contributed by atoms with van der Waals surface area (Å²) in [6, 6.07) is 16.4. The zero-order valence-electron chi connectivity index (χ0n) is 19.1. The van der Waals surface area contributed by atoms with Crippen molar-refractivity contribution in [2.24, 2.45) is 0 Å². The summed E-state index contributed by atoms with van der Waals surface area (Å²) in [5, 5.41) is 16.1. The van der Waals surface area contributed by atoms with Gasteiger partial charge in [-0.25, -0.2) is 14.3 Å². The van der Waals surface area contributed by atoms with Gasteiger partial charge < -0.3 is 15.2 Å². The molecule has 2 aromatic carbocycles. The lowest BCUT2D eigenvalue weighted by Crippen LogP contribution is -2.30. The molecule has 1 aliphatic carbocycles. The van der Waals surface area contributed by atoms with Gasteiger partial charge in [0.1, 0.15) is 18.0 Å². The van der Waals surface area contributed by atoms with E-state index in [1.165, 1.54) is 22.2 Å². The fraction of sp³-hybridized carbons (Fsp3) is 0.308. The van der Waals surface area contributed by atoms with Gasteiger partial charge in [-0.3, -0.25) is 9.69 Å². The van der Waals surface area contributed by atoms with Crippen LogP contribution in [0.4, 0.5) is 10.6 Å². The summed E-state index contributed by atoms with van der Waals surface area (Å²) in [7, 11) is 0. The maximum atomic E-state index is 12.6. The molecule has 1 aromatic heterocycles. The number of hydrogen-bond acceptors (Lipinski definition) is 5. The second-order valence-electron chi connectivity index (χ2n) is 8.66. The minimum absolute atomic E-state index is 0.00960. The number of carbonyl (C=O) groups excluding carboxylic acids is 2. The number of aromatic carboxylic acids is 1. The minimum atomic E-state index is -1.10. The van der Waals surface area contributed by atoms with E-state index >= 15 is 0 Å². The van der Waals surface area contributed by atoms with Crippen LogP contribution in [0.2, 0.25) is 0 Å². The first kappa shape index (κ1) is 22.6. The molecule has 9 nitrogen and oxygen atoms in total. The van der Waals surface area contributed by atoms with E-state index in [0.717, 1.165) is 11.1 Å². The summed E-state index contributed by atoms with van der Waals surface area (Å²) in [4.78, 5) is 37.7. The van der Waals surface area contributed by atoms with Crippen LogP contribution < -0.4 is 10.2 Å². The van der Waals surface area contributed by atoms with E-state index < -0.39 is 12.1 Å². The van der Waals surface area contributed by atoms with Crippen LogP contribution in [-0.4, -0.2) is 52.6 Å². The quantitative estimate of drug-likeness (QED) is 0.482. The van der Waals surface area contributed by atoms with Crippen LogP contribution in [0.3, 0.4) is 0 Å². The number of nitrogens with one attached hydrogen (secondary N) is 1. The molecule has 2 aliphatic rings. The van der Waals surface area contributed by atoms with Crippen LogP contribution in [0.1, 0.15) is 46.7 Å². The first-order valence-corrected chi connectivity index (χ1v) is 11.7. The Bertz CT molecular complexity index is 1240. The lowest BCUT2D eigenvalue weighted by atomic mass is 9.98. The predicted octanol–water partition coefficient (Wildman–Crippen LogP) is 3.64. The van der Waals surface area contributed by atoms with E-state index in [1.807, 2.05) is 24.3 Å². The molecule has 2 heterocycles. The Hall–Kier alpha value is -4.14. The SMILES string of the molecule is O=C(NCCCCC(=O)N1CCn2ncc(C(=O)O)c21)OCC1c2ccccc2-c2ccccc21. The van der Waals surface area contributed by atoms with Crippen LogP contribution in [0.5, 0.6) is 0 Å². The number of fused-ring (bicyclic) bond motifs is 4. The highest BCUT2D eigenvalue weighted by atomic mass is 16.5. The molecule has 9 heteroatoms. The average molecular weight is 475 g/mol. The normalized spacial score (nSPS) is 13.8. The molecule has 180 valence electrons. The molecule has 0 bridgehead atoms. The van der Waals surface area contributed by atoms with E-state index in [4.69, 9.17) is 4.74 Å². The number of anilines is 1. The van der Waals surface area contributed by atoms with Crippen LogP contribution in [0, 0.1) is 0 Å². The standard InChI is InChI=1S/C26H26N4O5/c31-23(29-13-14-30-24(29)21(15-28-30)25(32)33)11-5-6-12-27-26(34)35-16-22-19-9-3-1-7-17(19)18-8-2-4-10-20(18)22/h1-4,7-10,15,22H,5-6,11-14,16H2,(H,27,34)(H,32,33). The van der Waals surface area contributed by atoms with Crippen LogP contribution in [-0.2, 0) is 16.1 Å². The summed E-state index contributed by atoms with van der Waals surface area (Å²) < 4.78 is 7.07. The number of ether oxygens (including phenoxy) is 1. The van der Waals surface area contributed by atoms with Crippen molar-refractivity contribution in [2.75, 3.05) is 24.6 Å². The van der Waals surface area contributed by atoms with Crippen molar-refractivity contribution in [3.63, 3.8) is 0 Å². The fourth-order valence-corrected chi connectivity index (χ4v) is 4.90. The van der Waals surface area contributed by atoms with Gasteiger partial charge in [-0.15, -0.1) is 0 Å². The molecular weight excluding hydrogens is 448 g/mol. The Morgan fingerprint density at radius 1 is 1.00 bits per heavy atom. The van der Waals surface area contributed by atoms with Crippen molar-refractivity contribution in [3.05, 3.63) is 71.4 Å². The van der Waals surface area contributed by atoms with Gasteiger partial charge in [0.2, 0.25) is 5.91 Å². The highest BCUT2D eigenvalue weighted by molar-refractivity contribution is 6.01. The number of hydrogen-bond donors (Lipinski definition) is 2. The summed E-state index contributed by atoms with van der Waals surface area (Å²) in [5.41, 5.74) is 4.72. The van der Waals surface area contributed by atoms with Crippen molar-refractivity contribution in [1.82, 2.24) is 15.1 Å². The van der Waals surface area contributed by atoms with Gasteiger partial charge in [0.25, 0.3) is 0 Å².